The van der Waals surface area contributed by atoms with Gasteiger partial charge in [-0.05, 0) is 44.0 Å². The molecule has 1 atom stereocenters. The van der Waals surface area contributed by atoms with Gasteiger partial charge in [0, 0.05) is 24.2 Å². The molecule has 4 heteroatoms. The Balaban J connectivity index is 1.99. The summed E-state index contributed by atoms with van der Waals surface area (Å²) in [6.07, 6.45) is 2.33. The fraction of sp³-hybridized carbons (Fsp3) is 0.429. The van der Waals surface area contributed by atoms with Gasteiger partial charge in [0.25, 0.3) is 0 Å². The number of benzene rings is 1. The molecule has 18 heavy (non-hydrogen) atoms. The Bertz CT molecular complexity index is 449. The van der Waals surface area contributed by atoms with Gasteiger partial charge in [0.05, 0.1) is 6.04 Å². The molecule has 1 aliphatic carbocycles. The van der Waals surface area contributed by atoms with Gasteiger partial charge < -0.3 is 10.6 Å². The van der Waals surface area contributed by atoms with Crippen molar-refractivity contribution in [1.29, 1.82) is 0 Å². The van der Waals surface area contributed by atoms with E-state index in [0.29, 0.717) is 17.3 Å². The smallest absolute Gasteiger partial charge is 0.221 e. The van der Waals surface area contributed by atoms with Crippen molar-refractivity contribution in [1.82, 2.24) is 5.32 Å². The number of carbonyl (C=O) groups excluding carboxylic acids is 2. The fourth-order valence-electron chi connectivity index (χ4n) is 1.85. The highest BCUT2D eigenvalue weighted by Gasteiger charge is 2.26. The van der Waals surface area contributed by atoms with Crippen LogP contribution in [0.2, 0.25) is 0 Å². The van der Waals surface area contributed by atoms with E-state index < -0.39 is 0 Å². The van der Waals surface area contributed by atoms with Crippen LogP contribution in [0.4, 0.5) is 5.69 Å². The average molecular weight is 246 g/mol. The van der Waals surface area contributed by atoms with Crippen molar-refractivity contribution in [2.24, 2.45) is 0 Å². The summed E-state index contributed by atoms with van der Waals surface area (Å²) in [6.45, 7) is 3.35. The number of carbonyl (C=O) groups is 2. The molecule has 1 amide bonds. The Labute approximate surface area is 107 Å². The highest BCUT2D eigenvalue weighted by atomic mass is 16.1. The topological polar surface area (TPSA) is 58.2 Å². The number of Topliss-reactive ketones (excluding diaryl/α,β-unsaturated/α-hetero) is 1. The lowest BCUT2D eigenvalue weighted by atomic mass is 10.0. The molecule has 1 aliphatic rings. The molecular weight excluding hydrogens is 228 g/mol. The monoisotopic (exact) mass is 246 g/mol. The van der Waals surface area contributed by atoms with E-state index in [4.69, 9.17) is 0 Å². The van der Waals surface area contributed by atoms with Crippen molar-refractivity contribution in [2.75, 3.05) is 5.32 Å². The largest absolute Gasteiger partial charge is 0.326 e. The Morgan fingerprint density at radius 3 is 2.33 bits per heavy atom. The molecule has 2 rings (SSSR count). The summed E-state index contributed by atoms with van der Waals surface area (Å²) in [5, 5.41) is 5.96. The summed E-state index contributed by atoms with van der Waals surface area (Å²) in [5.41, 5.74) is 1.38. The van der Waals surface area contributed by atoms with Gasteiger partial charge in [-0.3, -0.25) is 9.59 Å². The molecule has 0 aromatic heterocycles. The standard InChI is InChI=1S/C14H18N2O2/c1-9(15-12-7-8-12)14(18)11-3-5-13(6-4-11)16-10(2)17/h3-6,9,12,15H,7-8H2,1-2H3,(H,16,17). The molecule has 0 aliphatic heterocycles. The average Bonchev–Trinajstić information content (AvgIpc) is 3.12. The third kappa shape index (κ3) is 3.40. The van der Waals surface area contributed by atoms with Crippen LogP contribution in [0.3, 0.4) is 0 Å². The van der Waals surface area contributed by atoms with Gasteiger partial charge in [-0.15, -0.1) is 0 Å². The second kappa shape index (κ2) is 5.31. The Kier molecular flexibility index (Phi) is 3.77. The van der Waals surface area contributed by atoms with Crippen molar-refractivity contribution < 1.29 is 9.59 Å². The first-order chi connectivity index (χ1) is 8.56. The second-order valence-corrected chi connectivity index (χ2v) is 4.79. The maximum absolute atomic E-state index is 12.1. The SMILES string of the molecule is CC(=O)Nc1ccc(C(=O)C(C)NC2CC2)cc1. The molecule has 0 heterocycles. The van der Waals surface area contributed by atoms with Gasteiger partial charge in [0.2, 0.25) is 5.91 Å². The molecule has 4 nitrogen and oxygen atoms in total. The highest BCUT2D eigenvalue weighted by Crippen LogP contribution is 2.20. The molecule has 96 valence electrons. The summed E-state index contributed by atoms with van der Waals surface area (Å²) < 4.78 is 0. The van der Waals surface area contributed by atoms with Gasteiger partial charge in [-0.2, -0.15) is 0 Å². The third-order valence-electron chi connectivity index (χ3n) is 2.95. The van der Waals surface area contributed by atoms with E-state index in [0.717, 1.165) is 0 Å². The summed E-state index contributed by atoms with van der Waals surface area (Å²) in [7, 11) is 0. The molecule has 1 saturated carbocycles. The van der Waals surface area contributed by atoms with Gasteiger partial charge in [0.15, 0.2) is 5.78 Å². The maximum atomic E-state index is 12.1. The van der Waals surface area contributed by atoms with E-state index in [1.165, 1.54) is 19.8 Å². The number of hydrogen-bond acceptors (Lipinski definition) is 3. The molecule has 1 aromatic carbocycles. The van der Waals surface area contributed by atoms with E-state index in [-0.39, 0.29) is 17.7 Å². The normalized spacial score (nSPS) is 16.1. The fourth-order valence-corrected chi connectivity index (χ4v) is 1.85. The number of hydrogen-bond donors (Lipinski definition) is 2. The van der Waals surface area contributed by atoms with Crippen molar-refractivity contribution >= 4 is 17.4 Å². The molecule has 0 radical (unpaired) electrons. The first-order valence-corrected chi connectivity index (χ1v) is 6.24. The first-order valence-electron chi connectivity index (χ1n) is 6.24. The van der Waals surface area contributed by atoms with E-state index in [2.05, 4.69) is 10.6 Å². The van der Waals surface area contributed by atoms with Crippen molar-refractivity contribution in [3.63, 3.8) is 0 Å². The van der Waals surface area contributed by atoms with Crippen molar-refractivity contribution in [3.8, 4) is 0 Å². The van der Waals surface area contributed by atoms with Crippen LogP contribution in [-0.2, 0) is 4.79 Å². The first kappa shape index (κ1) is 12.8. The molecule has 0 saturated heterocycles. The lowest BCUT2D eigenvalue weighted by Crippen LogP contribution is -2.35. The molecule has 1 aromatic rings. The number of nitrogens with one attached hydrogen (secondary N) is 2. The van der Waals surface area contributed by atoms with Crippen LogP contribution in [0.25, 0.3) is 0 Å². The lowest BCUT2D eigenvalue weighted by molar-refractivity contribution is -0.114. The zero-order valence-corrected chi connectivity index (χ0v) is 10.7. The second-order valence-electron chi connectivity index (χ2n) is 4.79. The van der Waals surface area contributed by atoms with Crippen LogP contribution in [-0.4, -0.2) is 23.8 Å². The Hall–Kier alpha value is -1.68. The molecular formula is C14H18N2O2. The zero-order valence-electron chi connectivity index (χ0n) is 10.7. The third-order valence-corrected chi connectivity index (χ3v) is 2.95. The summed E-state index contributed by atoms with van der Waals surface area (Å²) in [5.74, 6) is -0.0193. The van der Waals surface area contributed by atoms with Crippen LogP contribution in [0.1, 0.15) is 37.0 Å². The summed E-state index contributed by atoms with van der Waals surface area (Å²) >= 11 is 0. The van der Waals surface area contributed by atoms with Crippen LogP contribution >= 0.6 is 0 Å². The lowest BCUT2D eigenvalue weighted by Gasteiger charge is -2.12. The predicted octanol–water partition coefficient (Wildman–Crippen LogP) is 1.97. The molecule has 1 fully saturated rings. The van der Waals surface area contributed by atoms with Crippen molar-refractivity contribution in [3.05, 3.63) is 29.8 Å². The molecule has 1 unspecified atom stereocenters. The van der Waals surface area contributed by atoms with E-state index in [1.807, 2.05) is 6.92 Å². The van der Waals surface area contributed by atoms with Crippen LogP contribution in [0, 0.1) is 0 Å². The van der Waals surface area contributed by atoms with Gasteiger partial charge in [-0.1, -0.05) is 0 Å². The molecule has 2 N–H and O–H groups in total. The number of anilines is 1. The maximum Gasteiger partial charge on any atom is 0.221 e. The minimum absolute atomic E-state index is 0.0938. The van der Waals surface area contributed by atoms with E-state index in [9.17, 15) is 9.59 Å². The zero-order chi connectivity index (χ0) is 13.1. The van der Waals surface area contributed by atoms with Crippen molar-refractivity contribution in [2.45, 2.75) is 38.8 Å². The van der Waals surface area contributed by atoms with Gasteiger partial charge in [0.1, 0.15) is 0 Å². The highest BCUT2D eigenvalue weighted by molar-refractivity contribution is 6.00. The summed E-state index contributed by atoms with van der Waals surface area (Å²) in [4.78, 5) is 23.0. The Morgan fingerprint density at radius 1 is 1.22 bits per heavy atom. The van der Waals surface area contributed by atoms with E-state index >= 15 is 0 Å². The van der Waals surface area contributed by atoms with Crippen LogP contribution < -0.4 is 10.6 Å². The predicted molar refractivity (Wildman–Crippen MR) is 70.7 cm³/mol. The molecule has 0 bridgehead atoms. The number of amides is 1. The minimum atomic E-state index is -0.149. The number of rotatable bonds is 5. The Morgan fingerprint density at radius 2 is 1.83 bits per heavy atom. The van der Waals surface area contributed by atoms with Crippen LogP contribution in [0.15, 0.2) is 24.3 Å². The minimum Gasteiger partial charge on any atom is -0.326 e. The van der Waals surface area contributed by atoms with E-state index in [1.54, 1.807) is 24.3 Å². The van der Waals surface area contributed by atoms with Crippen LogP contribution in [0.5, 0.6) is 0 Å². The van der Waals surface area contributed by atoms with Gasteiger partial charge >= 0.3 is 0 Å². The quantitative estimate of drug-likeness (QED) is 0.781. The summed E-state index contributed by atoms with van der Waals surface area (Å²) in [6, 6.07) is 7.36. The van der Waals surface area contributed by atoms with Gasteiger partial charge in [-0.25, -0.2) is 0 Å². The number of ketones is 1. The molecule has 0 spiro atoms.